The maximum absolute atomic E-state index is 11.8. The van der Waals surface area contributed by atoms with E-state index < -0.39 is 11.8 Å². The normalized spacial score (nSPS) is 11.2. The Morgan fingerprint density at radius 2 is 1.19 bits per heavy atom. The van der Waals surface area contributed by atoms with E-state index in [9.17, 15) is 19.8 Å². The third-order valence-corrected chi connectivity index (χ3v) is 6.42. The van der Waals surface area contributed by atoms with Crippen LogP contribution in [0.15, 0.2) is 52.4 Å². The van der Waals surface area contributed by atoms with Gasteiger partial charge in [0, 0.05) is 20.1 Å². The number of nitrogens with one attached hydrogen (secondary N) is 2. The number of rotatable bonds is 8. The van der Waals surface area contributed by atoms with Crippen LogP contribution in [0.25, 0.3) is 0 Å². The number of benzene rings is 2. The Balaban J connectivity index is 1.74. The van der Waals surface area contributed by atoms with Crippen molar-refractivity contribution in [3.8, 4) is 11.5 Å². The van der Waals surface area contributed by atoms with Crippen molar-refractivity contribution in [2.75, 3.05) is 11.5 Å². The van der Waals surface area contributed by atoms with E-state index >= 15 is 0 Å². The highest BCUT2D eigenvalue weighted by atomic mass is 79.9. The molecule has 0 saturated heterocycles. The first-order valence-electron chi connectivity index (χ1n) is 8.25. The molecule has 0 aliphatic carbocycles. The summed E-state index contributed by atoms with van der Waals surface area (Å²) in [4.78, 5) is 23.6. The average molecular weight is 702 g/mol. The van der Waals surface area contributed by atoms with Gasteiger partial charge in [-0.15, -0.1) is 11.8 Å². The van der Waals surface area contributed by atoms with Crippen LogP contribution in [0, 0.1) is 0 Å². The van der Waals surface area contributed by atoms with Crippen LogP contribution in [0.3, 0.4) is 0 Å². The molecule has 2 rings (SSSR count). The van der Waals surface area contributed by atoms with Gasteiger partial charge in [-0.1, -0.05) is 31.9 Å². The molecule has 2 aromatic rings. The second-order valence-corrected chi connectivity index (χ2v) is 10.3. The lowest BCUT2D eigenvalue weighted by atomic mass is 10.2. The van der Waals surface area contributed by atoms with Crippen molar-refractivity contribution in [1.29, 1.82) is 0 Å². The van der Waals surface area contributed by atoms with Gasteiger partial charge in [-0.25, -0.2) is 10.9 Å². The molecule has 8 nitrogen and oxygen atoms in total. The lowest BCUT2D eigenvalue weighted by Crippen LogP contribution is -2.23. The molecule has 0 unspecified atom stereocenters. The van der Waals surface area contributed by atoms with Crippen molar-refractivity contribution in [2.24, 2.45) is 10.2 Å². The van der Waals surface area contributed by atoms with Crippen molar-refractivity contribution < 1.29 is 19.8 Å². The predicted octanol–water partition coefficient (Wildman–Crippen LogP) is 4.48. The zero-order chi connectivity index (χ0) is 23.0. The molecule has 0 spiro atoms. The number of hydrogen-bond donors (Lipinski definition) is 4. The van der Waals surface area contributed by atoms with Gasteiger partial charge in [-0.05, 0) is 56.1 Å². The zero-order valence-corrected chi connectivity index (χ0v) is 22.6. The largest absolute Gasteiger partial charge is 0.506 e. The van der Waals surface area contributed by atoms with E-state index in [-0.39, 0.29) is 23.0 Å². The summed E-state index contributed by atoms with van der Waals surface area (Å²) in [7, 11) is 0. The van der Waals surface area contributed by atoms with Gasteiger partial charge >= 0.3 is 0 Å². The number of nitrogens with zero attached hydrogens (tertiary/aromatic N) is 2. The second kappa shape index (κ2) is 12.6. The number of hydrazone groups is 2. The molecule has 2 amide bonds. The maximum atomic E-state index is 11.8. The lowest BCUT2D eigenvalue weighted by molar-refractivity contribution is -0.118. The Morgan fingerprint density at radius 1 is 0.806 bits per heavy atom. The Bertz CT molecular complexity index is 968. The van der Waals surface area contributed by atoms with Gasteiger partial charge < -0.3 is 10.2 Å². The summed E-state index contributed by atoms with van der Waals surface area (Å²) >= 11 is 14.1. The van der Waals surface area contributed by atoms with Crippen LogP contribution >= 0.6 is 75.5 Å². The molecule has 2 aromatic carbocycles. The summed E-state index contributed by atoms with van der Waals surface area (Å²) in [5.74, 6) is -0.818. The standard InChI is InChI=1S/C18H14Br4N4O4S/c19-11-1-9(17(29)13(21)3-11)5-23-25-15(27)7-31-8-16(28)26-24-6-10-2-12(20)4-14(22)18(10)30/h1-6,29-30H,7-8H2,(H,25,27)(H,26,28)/b23-5+,24-6+. The van der Waals surface area contributed by atoms with E-state index in [0.717, 1.165) is 20.7 Å². The van der Waals surface area contributed by atoms with Gasteiger partial charge in [0.25, 0.3) is 0 Å². The van der Waals surface area contributed by atoms with Crippen molar-refractivity contribution in [1.82, 2.24) is 10.9 Å². The number of aromatic hydroxyl groups is 2. The molecule has 0 heterocycles. The summed E-state index contributed by atoms with van der Waals surface area (Å²) in [5.41, 5.74) is 5.47. The number of hydrogen-bond acceptors (Lipinski definition) is 7. The van der Waals surface area contributed by atoms with Crippen LogP contribution in [0.4, 0.5) is 0 Å². The number of phenols is 2. The quantitative estimate of drug-likeness (QED) is 0.239. The van der Waals surface area contributed by atoms with Crippen molar-refractivity contribution >= 4 is 99.7 Å². The van der Waals surface area contributed by atoms with Gasteiger partial charge in [0.05, 0.1) is 32.9 Å². The SMILES string of the molecule is O=C(CSCC(=O)N/N=C/c1cc(Br)cc(Br)c1O)N/N=C/c1cc(Br)cc(Br)c1O. The number of halogens is 4. The van der Waals surface area contributed by atoms with E-state index in [4.69, 9.17) is 0 Å². The smallest absolute Gasteiger partial charge is 0.250 e. The van der Waals surface area contributed by atoms with E-state index in [0.29, 0.717) is 20.1 Å². The van der Waals surface area contributed by atoms with Crippen LogP contribution in [0.2, 0.25) is 0 Å². The molecule has 164 valence electrons. The van der Waals surface area contributed by atoms with E-state index in [2.05, 4.69) is 84.8 Å². The predicted molar refractivity (Wildman–Crippen MR) is 136 cm³/mol. The van der Waals surface area contributed by atoms with Crippen LogP contribution in [0.5, 0.6) is 11.5 Å². The number of thioether (sulfide) groups is 1. The first-order valence-corrected chi connectivity index (χ1v) is 12.6. The Labute approximate surface area is 215 Å². The van der Waals surface area contributed by atoms with Gasteiger partial charge in [-0.2, -0.15) is 10.2 Å². The molecule has 0 saturated carbocycles. The monoisotopic (exact) mass is 698 g/mol. The third kappa shape index (κ3) is 8.56. The molecular formula is C18H14Br4N4O4S. The highest BCUT2D eigenvalue weighted by Gasteiger charge is 2.08. The molecule has 31 heavy (non-hydrogen) atoms. The van der Waals surface area contributed by atoms with Gasteiger partial charge in [0.1, 0.15) is 11.5 Å². The molecule has 0 aromatic heterocycles. The Morgan fingerprint density at radius 3 is 1.58 bits per heavy atom. The van der Waals surface area contributed by atoms with Crippen molar-refractivity contribution in [2.45, 2.75) is 0 Å². The van der Waals surface area contributed by atoms with E-state index in [1.54, 1.807) is 24.3 Å². The topological polar surface area (TPSA) is 123 Å². The summed E-state index contributed by atoms with van der Waals surface area (Å²) in [6.45, 7) is 0. The molecule has 0 radical (unpaired) electrons. The third-order valence-electron chi connectivity index (χ3n) is 3.37. The van der Waals surface area contributed by atoms with Crippen LogP contribution in [-0.4, -0.2) is 46.0 Å². The molecular weight excluding hydrogens is 688 g/mol. The molecule has 0 aliphatic rings. The summed E-state index contributed by atoms with van der Waals surface area (Å²) in [5, 5.41) is 27.4. The fourth-order valence-corrected chi connectivity index (χ4v) is 5.14. The Kier molecular flexibility index (Phi) is 10.5. The van der Waals surface area contributed by atoms with Gasteiger partial charge in [0.2, 0.25) is 11.8 Å². The lowest BCUT2D eigenvalue weighted by Gasteiger charge is -2.04. The average Bonchev–Trinajstić information content (AvgIpc) is 2.69. The van der Waals surface area contributed by atoms with E-state index in [1.807, 2.05) is 0 Å². The summed E-state index contributed by atoms with van der Waals surface area (Å²) in [6, 6.07) is 6.64. The van der Waals surface area contributed by atoms with Gasteiger partial charge in [-0.3, -0.25) is 9.59 Å². The number of carbonyl (C=O) groups is 2. The fourth-order valence-electron chi connectivity index (χ4n) is 2.02. The minimum Gasteiger partial charge on any atom is -0.506 e. The number of amides is 2. The Hall–Kier alpha value is -1.41. The first-order chi connectivity index (χ1) is 14.7. The van der Waals surface area contributed by atoms with Crippen LogP contribution < -0.4 is 10.9 Å². The summed E-state index contributed by atoms with van der Waals surface area (Å²) in [6.07, 6.45) is 2.62. The first kappa shape index (κ1) is 25.8. The van der Waals surface area contributed by atoms with Crippen molar-refractivity contribution in [3.63, 3.8) is 0 Å². The molecule has 0 bridgehead atoms. The maximum Gasteiger partial charge on any atom is 0.250 e. The number of carbonyl (C=O) groups excluding carboxylic acids is 2. The second-order valence-electron chi connectivity index (χ2n) is 5.73. The highest BCUT2D eigenvalue weighted by molar-refractivity contribution is 9.11. The molecule has 13 heteroatoms. The summed E-state index contributed by atoms with van der Waals surface area (Å²) < 4.78 is 2.44. The zero-order valence-electron chi connectivity index (χ0n) is 15.4. The fraction of sp³-hybridized carbons (Fsp3) is 0.111. The van der Waals surface area contributed by atoms with Gasteiger partial charge in [0.15, 0.2) is 0 Å². The minimum atomic E-state index is -0.407. The number of phenolic OH excluding ortho intramolecular Hbond substituents is 2. The van der Waals surface area contributed by atoms with E-state index in [1.165, 1.54) is 12.4 Å². The molecule has 0 atom stereocenters. The van der Waals surface area contributed by atoms with Crippen LogP contribution in [-0.2, 0) is 9.59 Å². The molecule has 0 fully saturated rings. The molecule has 4 N–H and O–H groups in total. The molecule has 0 aliphatic heterocycles. The van der Waals surface area contributed by atoms with Crippen LogP contribution in [0.1, 0.15) is 11.1 Å². The minimum absolute atomic E-state index is 0.00199. The highest BCUT2D eigenvalue weighted by Crippen LogP contribution is 2.31. The van der Waals surface area contributed by atoms with Crippen molar-refractivity contribution in [3.05, 3.63) is 53.3 Å².